The summed E-state index contributed by atoms with van der Waals surface area (Å²) in [6.45, 7) is 7.28. The van der Waals surface area contributed by atoms with Crippen LogP contribution in [0.3, 0.4) is 0 Å². The molecule has 1 aliphatic heterocycles. The van der Waals surface area contributed by atoms with Gasteiger partial charge in [-0.1, -0.05) is 54.6 Å². The van der Waals surface area contributed by atoms with Crippen molar-refractivity contribution in [1.82, 2.24) is 15.1 Å². The van der Waals surface area contributed by atoms with Gasteiger partial charge < -0.3 is 15.0 Å². The Labute approximate surface area is 195 Å². The van der Waals surface area contributed by atoms with Gasteiger partial charge in [0.1, 0.15) is 5.75 Å². The molecule has 0 bridgehead atoms. The number of rotatable bonds is 7. The van der Waals surface area contributed by atoms with Gasteiger partial charge in [0, 0.05) is 26.2 Å². The van der Waals surface area contributed by atoms with Crippen LogP contribution >= 0.6 is 0 Å². The Morgan fingerprint density at radius 1 is 0.939 bits per heavy atom. The zero-order valence-corrected chi connectivity index (χ0v) is 19.3. The molecule has 1 saturated heterocycles. The zero-order chi connectivity index (χ0) is 23.2. The molecule has 0 saturated carbocycles. The molecule has 0 spiro atoms. The van der Waals surface area contributed by atoms with Crippen molar-refractivity contribution in [3.63, 3.8) is 0 Å². The van der Waals surface area contributed by atoms with Crippen molar-refractivity contribution >= 4 is 22.6 Å². The lowest BCUT2D eigenvalue weighted by atomic mass is 10.00. The van der Waals surface area contributed by atoms with Crippen molar-refractivity contribution in [2.24, 2.45) is 0 Å². The number of nitrogens with one attached hydrogen (secondary N) is 1. The van der Waals surface area contributed by atoms with E-state index in [2.05, 4.69) is 34.5 Å². The summed E-state index contributed by atoms with van der Waals surface area (Å²) >= 11 is 0. The highest BCUT2D eigenvalue weighted by Gasteiger charge is 2.25. The molecular formula is C27H31N3O3. The molecule has 4 rings (SSSR count). The second-order valence-electron chi connectivity index (χ2n) is 8.36. The number of amides is 2. The number of ether oxygens (including phenoxy) is 1. The smallest absolute Gasteiger partial charge is 0.257 e. The van der Waals surface area contributed by atoms with E-state index in [4.69, 9.17) is 4.74 Å². The van der Waals surface area contributed by atoms with E-state index in [0.29, 0.717) is 50.6 Å². The molecule has 1 aliphatic rings. The lowest BCUT2D eigenvalue weighted by Gasteiger charge is -2.34. The molecule has 1 heterocycles. The Morgan fingerprint density at radius 3 is 2.42 bits per heavy atom. The van der Waals surface area contributed by atoms with E-state index in [1.54, 1.807) is 0 Å². The van der Waals surface area contributed by atoms with Gasteiger partial charge in [-0.3, -0.25) is 14.5 Å². The SMILES string of the molecule is CCOc1ccccc1C(=O)N1CCN(CC(=O)NC(C)c2cccc3ccccc23)CC1. The highest BCUT2D eigenvalue weighted by molar-refractivity contribution is 5.97. The maximum Gasteiger partial charge on any atom is 0.257 e. The van der Waals surface area contributed by atoms with Crippen LogP contribution in [0.15, 0.2) is 66.7 Å². The predicted molar refractivity (Wildman–Crippen MR) is 130 cm³/mol. The van der Waals surface area contributed by atoms with Gasteiger partial charge in [0.25, 0.3) is 5.91 Å². The van der Waals surface area contributed by atoms with Crippen molar-refractivity contribution in [1.29, 1.82) is 0 Å². The Morgan fingerprint density at radius 2 is 1.64 bits per heavy atom. The first-order valence-electron chi connectivity index (χ1n) is 11.6. The second kappa shape index (κ2) is 10.5. The molecule has 0 radical (unpaired) electrons. The second-order valence-corrected chi connectivity index (χ2v) is 8.36. The minimum atomic E-state index is -0.0819. The number of fused-ring (bicyclic) bond motifs is 1. The van der Waals surface area contributed by atoms with E-state index < -0.39 is 0 Å². The number of benzene rings is 3. The molecular weight excluding hydrogens is 414 g/mol. The first-order chi connectivity index (χ1) is 16.1. The third kappa shape index (κ3) is 5.34. The lowest BCUT2D eigenvalue weighted by Crippen LogP contribution is -2.51. The van der Waals surface area contributed by atoms with Gasteiger partial charge in [-0.25, -0.2) is 0 Å². The number of para-hydroxylation sites is 1. The Balaban J connectivity index is 1.31. The number of piperazine rings is 1. The maximum atomic E-state index is 13.0. The number of nitrogens with zero attached hydrogens (tertiary/aromatic N) is 2. The van der Waals surface area contributed by atoms with Crippen molar-refractivity contribution in [3.8, 4) is 5.75 Å². The Kier molecular flexibility index (Phi) is 7.25. The van der Waals surface area contributed by atoms with Crippen LogP contribution in [0.4, 0.5) is 0 Å². The summed E-state index contributed by atoms with van der Waals surface area (Å²) < 4.78 is 5.61. The zero-order valence-electron chi connectivity index (χ0n) is 19.3. The summed E-state index contributed by atoms with van der Waals surface area (Å²) in [5.74, 6) is 0.596. The van der Waals surface area contributed by atoms with E-state index in [-0.39, 0.29) is 17.9 Å². The molecule has 2 amide bonds. The molecule has 3 aromatic carbocycles. The summed E-state index contributed by atoms with van der Waals surface area (Å²) in [6.07, 6.45) is 0. The quantitative estimate of drug-likeness (QED) is 0.600. The molecule has 1 atom stereocenters. The Bertz CT molecular complexity index is 1120. The third-order valence-electron chi connectivity index (χ3n) is 6.11. The van der Waals surface area contributed by atoms with E-state index in [0.717, 1.165) is 10.9 Å². The van der Waals surface area contributed by atoms with Gasteiger partial charge in [0.2, 0.25) is 5.91 Å². The van der Waals surface area contributed by atoms with E-state index in [1.165, 1.54) is 5.39 Å². The predicted octanol–water partition coefficient (Wildman–Crippen LogP) is 3.87. The highest BCUT2D eigenvalue weighted by Crippen LogP contribution is 2.24. The van der Waals surface area contributed by atoms with Gasteiger partial charge >= 0.3 is 0 Å². The summed E-state index contributed by atoms with van der Waals surface area (Å²) in [5.41, 5.74) is 1.71. The summed E-state index contributed by atoms with van der Waals surface area (Å²) in [7, 11) is 0. The van der Waals surface area contributed by atoms with Crippen LogP contribution in [-0.2, 0) is 4.79 Å². The largest absolute Gasteiger partial charge is 0.493 e. The molecule has 1 fully saturated rings. The average Bonchev–Trinajstić information content (AvgIpc) is 2.84. The molecule has 0 aromatic heterocycles. The molecule has 6 heteroatoms. The van der Waals surface area contributed by atoms with Gasteiger partial charge in [-0.2, -0.15) is 0 Å². The van der Waals surface area contributed by atoms with Crippen LogP contribution in [0.5, 0.6) is 5.75 Å². The first-order valence-corrected chi connectivity index (χ1v) is 11.6. The van der Waals surface area contributed by atoms with Gasteiger partial charge in [-0.15, -0.1) is 0 Å². The van der Waals surface area contributed by atoms with Gasteiger partial charge in [0.15, 0.2) is 0 Å². The van der Waals surface area contributed by atoms with Crippen molar-refractivity contribution in [2.75, 3.05) is 39.3 Å². The third-order valence-corrected chi connectivity index (χ3v) is 6.11. The van der Waals surface area contributed by atoms with E-state index in [9.17, 15) is 9.59 Å². The maximum absolute atomic E-state index is 13.0. The summed E-state index contributed by atoms with van der Waals surface area (Å²) in [6, 6.07) is 21.7. The molecule has 172 valence electrons. The standard InChI is InChI=1S/C27H31N3O3/c1-3-33-25-14-7-6-12-24(25)27(32)30-17-15-29(16-18-30)19-26(31)28-20(2)22-13-8-10-21-9-4-5-11-23(21)22/h4-14,20H,3,15-19H2,1-2H3,(H,28,31). The van der Waals surface area contributed by atoms with Crippen LogP contribution in [0, 0.1) is 0 Å². The topological polar surface area (TPSA) is 61.9 Å². The number of hydrogen-bond acceptors (Lipinski definition) is 4. The average molecular weight is 446 g/mol. The molecule has 6 nitrogen and oxygen atoms in total. The van der Waals surface area contributed by atoms with E-state index >= 15 is 0 Å². The fraction of sp³-hybridized carbons (Fsp3) is 0.333. The molecule has 3 aromatic rings. The van der Waals surface area contributed by atoms with E-state index in [1.807, 2.05) is 61.2 Å². The van der Waals surface area contributed by atoms with Crippen molar-refractivity contribution < 1.29 is 14.3 Å². The van der Waals surface area contributed by atoms with Crippen molar-refractivity contribution in [2.45, 2.75) is 19.9 Å². The highest BCUT2D eigenvalue weighted by atomic mass is 16.5. The Hall–Kier alpha value is -3.38. The van der Waals surface area contributed by atoms with Crippen molar-refractivity contribution in [3.05, 3.63) is 77.9 Å². The van der Waals surface area contributed by atoms with Crippen LogP contribution in [0.1, 0.15) is 35.8 Å². The fourth-order valence-corrected chi connectivity index (χ4v) is 4.40. The summed E-state index contributed by atoms with van der Waals surface area (Å²) in [4.78, 5) is 29.7. The number of hydrogen-bond donors (Lipinski definition) is 1. The molecule has 33 heavy (non-hydrogen) atoms. The minimum Gasteiger partial charge on any atom is -0.493 e. The molecule has 1 unspecified atom stereocenters. The van der Waals surface area contributed by atoms with Crippen LogP contribution in [-0.4, -0.2) is 60.9 Å². The number of carbonyl (C=O) groups is 2. The molecule has 0 aliphatic carbocycles. The normalized spacial score (nSPS) is 15.3. The first kappa shape index (κ1) is 22.8. The number of carbonyl (C=O) groups excluding carboxylic acids is 2. The fourth-order valence-electron chi connectivity index (χ4n) is 4.40. The van der Waals surface area contributed by atoms with Gasteiger partial charge in [0.05, 0.1) is 24.8 Å². The van der Waals surface area contributed by atoms with Crippen LogP contribution < -0.4 is 10.1 Å². The minimum absolute atomic E-state index is 0.00287. The monoisotopic (exact) mass is 445 g/mol. The molecule has 1 N–H and O–H groups in total. The lowest BCUT2D eigenvalue weighted by molar-refractivity contribution is -0.123. The van der Waals surface area contributed by atoms with Crippen LogP contribution in [0.25, 0.3) is 10.8 Å². The van der Waals surface area contributed by atoms with Crippen LogP contribution in [0.2, 0.25) is 0 Å². The van der Waals surface area contributed by atoms with Gasteiger partial charge in [-0.05, 0) is 42.3 Å². The summed E-state index contributed by atoms with van der Waals surface area (Å²) in [5, 5.41) is 5.47.